The number of thioether (sulfide) groups is 1. The zero-order valence-electron chi connectivity index (χ0n) is 11.4. The molecule has 1 atom stereocenters. The summed E-state index contributed by atoms with van der Waals surface area (Å²) in [6, 6.07) is 7.73. The third-order valence-corrected chi connectivity index (χ3v) is 5.52. The molecule has 1 fully saturated rings. The number of hydrogen-bond donors (Lipinski definition) is 1. The Morgan fingerprint density at radius 1 is 1.52 bits per heavy atom. The summed E-state index contributed by atoms with van der Waals surface area (Å²) in [6.45, 7) is 1.43. The lowest BCUT2D eigenvalue weighted by atomic mass is 10.2. The van der Waals surface area contributed by atoms with Crippen molar-refractivity contribution in [3.8, 4) is 0 Å². The van der Waals surface area contributed by atoms with Crippen molar-refractivity contribution in [3.63, 3.8) is 0 Å². The summed E-state index contributed by atoms with van der Waals surface area (Å²) >= 11 is 3.05. The fraction of sp³-hybridized carbons (Fsp3) is 0.429. The Bertz CT molecular complexity index is 598. The van der Waals surface area contributed by atoms with Crippen LogP contribution in [0.4, 0.5) is 0 Å². The van der Waals surface area contributed by atoms with E-state index in [1.165, 1.54) is 11.8 Å². The zero-order chi connectivity index (χ0) is 14.7. The molecule has 1 aromatic carbocycles. The number of thiazole rings is 1. The second kappa shape index (κ2) is 6.74. The first-order valence-corrected chi connectivity index (χ1v) is 8.54. The molecular formula is C14H16N2O3S2. The van der Waals surface area contributed by atoms with Crippen LogP contribution >= 0.6 is 23.1 Å². The fourth-order valence-corrected chi connectivity index (χ4v) is 4.21. The van der Waals surface area contributed by atoms with Crippen LogP contribution in [-0.2, 0) is 9.53 Å². The van der Waals surface area contributed by atoms with Gasteiger partial charge in [0.2, 0.25) is 5.91 Å². The molecule has 112 valence electrons. The molecule has 0 radical (unpaired) electrons. The number of benzene rings is 1. The topological polar surface area (TPSA) is 62.7 Å². The van der Waals surface area contributed by atoms with Gasteiger partial charge in [-0.25, -0.2) is 4.98 Å². The number of morpholine rings is 1. The average Bonchev–Trinajstić information content (AvgIpc) is 2.95. The van der Waals surface area contributed by atoms with Gasteiger partial charge in [0.15, 0.2) is 4.34 Å². The summed E-state index contributed by atoms with van der Waals surface area (Å²) in [4.78, 5) is 18.5. The number of aromatic nitrogens is 1. The minimum absolute atomic E-state index is 0.0293. The number of fused-ring (bicyclic) bond motifs is 1. The van der Waals surface area contributed by atoms with E-state index in [9.17, 15) is 9.90 Å². The highest BCUT2D eigenvalue weighted by Crippen LogP contribution is 2.29. The number of aliphatic hydroxyl groups excluding tert-OH is 1. The van der Waals surface area contributed by atoms with Crippen LogP contribution < -0.4 is 0 Å². The molecule has 1 amide bonds. The Labute approximate surface area is 130 Å². The van der Waals surface area contributed by atoms with Crippen molar-refractivity contribution in [2.45, 2.75) is 10.4 Å². The minimum atomic E-state index is -0.220. The second-order valence-electron chi connectivity index (χ2n) is 4.73. The van der Waals surface area contributed by atoms with Crippen molar-refractivity contribution in [1.29, 1.82) is 0 Å². The molecule has 21 heavy (non-hydrogen) atoms. The summed E-state index contributed by atoms with van der Waals surface area (Å²) in [5.41, 5.74) is 0.969. The van der Waals surface area contributed by atoms with Crippen LogP contribution in [0.1, 0.15) is 0 Å². The SMILES string of the molecule is O=C(CSc1nc2ccccc2s1)N1CCOCC1CO. The highest BCUT2D eigenvalue weighted by Gasteiger charge is 2.26. The lowest BCUT2D eigenvalue weighted by Gasteiger charge is -2.34. The van der Waals surface area contributed by atoms with E-state index >= 15 is 0 Å². The van der Waals surface area contributed by atoms with Gasteiger partial charge >= 0.3 is 0 Å². The quantitative estimate of drug-likeness (QED) is 0.866. The van der Waals surface area contributed by atoms with Gasteiger partial charge in [-0.15, -0.1) is 11.3 Å². The van der Waals surface area contributed by atoms with E-state index in [0.29, 0.717) is 25.5 Å². The smallest absolute Gasteiger partial charge is 0.233 e. The van der Waals surface area contributed by atoms with Crippen molar-refractivity contribution >= 4 is 39.2 Å². The predicted octanol–water partition coefficient (Wildman–Crippen LogP) is 1.61. The van der Waals surface area contributed by atoms with Gasteiger partial charge < -0.3 is 14.7 Å². The molecule has 1 N–H and O–H groups in total. The highest BCUT2D eigenvalue weighted by atomic mass is 32.2. The van der Waals surface area contributed by atoms with Crippen LogP contribution in [0, 0.1) is 0 Å². The van der Waals surface area contributed by atoms with Gasteiger partial charge in [-0.05, 0) is 12.1 Å². The Morgan fingerprint density at radius 3 is 3.19 bits per heavy atom. The first kappa shape index (κ1) is 14.8. The molecule has 0 saturated carbocycles. The number of amides is 1. The average molecular weight is 324 g/mol. The molecule has 1 aliphatic heterocycles. The van der Waals surface area contributed by atoms with Crippen LogP contribution in [0.2, 0.25) is 0 Å². The first-order valence-electron chi connectivity index (χ1n) is 6.74. The molecule has 3 rings (SSSR count). The van der Waals surface area contributed by atoms with E-state index in [-0.39, 0.29) is 18.6 Å². The number of carbonyl (C=O) groups is 1. The molecule has 0 spiro atoms. The Hall–Kier alpha value is -1.15. The lowest BCUT2D eigenvalue weighted by molar-refractivity contribution is -0.138. The number of ether oxygens (including phenoxy) is 1. The molecule has 0 aliphatic carbocycles. The summed E-state index contributed by atoms with van der Waals surface area (Å²) < 4.78 is 7.32. The molecule has 1 aliphatic rings. The molecule has 7 heteroatoms. The van der Waals surface area contributed by atoms with Gasteiger partial charge in [0.1, 0.15) is 0 Å². The largest absolute Gasteiger partial charge is 0.394 e. The monoisotopic (exact) mass is 324 g/mol. The molecule has 0 bridgehead atoms. The molecule has 1 aromatic heterocycles. The van der Waals surface area contributed by atoms with Gasteiger partial charge in [0, 0.05) is 6.54 Å². The summed E-state index contributed by atoms with van der Waals surface area (Å²) in [5.74, 6) is 0.373. The van der Waals surface area contributed by atoms with E-state index in [4.69, 9.17) is 4.74 Å². The molecular weight excluding hydrogens is 308 g/mol. The molecule has 1 unspecified atom stereocenters. The fourth-order valence-electron chi connectivity index (χ4n) is 2.25. The molecule has 2 heterocycles. The Kier molecular flexibility index (Phi) is 4.74. The maximum atomic E-state index is 12.3. The number of rotatable bonds is 4. The van der Waals surface area contributed by atoms with Crippen molar-refractivity contribution < 1.29 is 14.6 Å². The number of hydrogen-bond acceptors (Lipinski definition) is 6. The van der Waals surface area contributed by atoms with Gasteiger partial charge in [0.25, 0.3) is 0 Å². The minimum Gasteiger partial charge on any atom is -0.394 e. The number of nitrogens with zero attached hydrogens (tertiary/aromatic N) is 2. The van der Waals surface area contributed by atoms with Crippen LogP contribution in [0.15, 0.2) is 28.6 Å². The maximum absolute atomic E-state index is 12.3. The van der Waals surface area contributed by atoms with E-state index in [1.54, 1.807) is 16.2 Å². The van der Waals surface area contributed by atoms with E-state index in [2.05, 4.69) is 4.98 Å². The Balaban J connectivity index is 1.62. The van der Waals surface area contributed by atoms with Crippen LogP contribution in [0.3, 0.4) is 0 Å². The number of carbonyl (C=O) groups excluding carboxylic acids is 1. The number of para-hydroxylation sites is 1. The third kappa shape index (κ3) is 3.37. The lowest BCUT2D eigenvalue weighted by Crippen LogP contribution is -2.51. The number of aliphatic hydroxyl groups is 1. The van der Waals surface area contributed by atoms with Gasteiger partial charge in [-0.3, -0.25) is 4.79 Å². The van der Waals surface area contributed by atoms with Gasteiger partial charge in [-0.2, -0.15) is 0 Å². The van der Waals surface area contributed by atoms with E-state index in [0.717, 1.165) is 14.6 Å². The Morgan fingerprint density at radius 2 is 2.38 bits per heavy atom. The molecule has 2 aromatic rings. The molecule has 1 saturated heterocycles. The predicted molar refractivity (Wildman–Crippen MR) is 83.7 cm³/mol. The van der Waals surface area contributed by atoms with E-state index < -0.39 is 0 Å². The third-order valence-electron chi connectivity index (χ3n) is 3.35. The summed E-state index contributed by atoms with van der Waals surface area (Å²) in [7, 11) is 0. The van der Waals surface area contributed by atoms with Gasteiger partial charge in [0.05, 0.1) is 41.8 Å². The van der Waals surface area contributed by atoms with Crippen molar-refractivity contribution in [3.05, 3.63) is 24.3 Å². The molecule has 5 nitrogen and oxygen atoms in total. The normalized spacial score (nSPS) is 19.1. The van der Waals surface area contributed by atoms with Crippen LogP contribution in [0.25, 0.3) is 10.2 Å². The highest BCUT2D eigenvalue weighted by molar-refractivity contribution is 8.01. The van der Waals surface area contributed by atoms with Crippen molar-refractivity contribution in [1.82, 2.24) is 9.88 Å². The van der Waals surface area contributed by atoms with Crippen molar-refractivity contribution in [2.75, 3.05) is 32.1 Å². The second-order valence-corrected chi connectivity index (χ2v) is 6.99. The van der Waals surface area contributed by atoms with Crippen LogP contribution in [-0.4, -0.2) is 59.1 Å². The summed E-state index contributed by atoms with van der Waals surface area (Å²) in [5, 5.41) is 9.30. The standard InChI is InChI=1S/C14H16N2O3S2/c17-7-10-8-19-6-5-16(10)13(18)9-20-14-15-11-3-1-2-4-12(11)21-14/h1-4,10,17H,5-9H2. The van der Waals surface area contributed by atoms with E-state index in [1.807, 2.05) is 24.3 Å². The zero-order valence-corrected chi connectivity index (χ0v) is 13.0. The van der Waals surface area contributed by atoms with Crippen LogP contribution in [0.5, 0.6) is 0 Å². The van der Waals surface area contributed by atoms with Crippen molar-refractivity contribution in [2.24, 2.45) is 0 Å². The first-order chi connectivity index (χ1) is 10.3. The summed E-state index contributed by atoms with van der Waals surface area (Å²) in [6.07, 6.45) is 0. The maximum Gasteiger partial charge on any atom is 0.233 e. The van der Waals surface area contributed by atoms with Gasteiger partial charge in [-0.1, -0.05) is 23.9 Å².